The fourth-order valence-corrected chi connectivity index (χ4v) is 5.97. The molecule has 1 aliphatic rings. The maximum absolute atomic E-state index is 12.9. The van der Waals surface area contributed by atoms with Crippen LogP contribution in [0.5, 0.6) is 0 Å². The number of ether oxygens (including phenoxy) is 2. The minimum Gasteiger partial charge on any atom is -0.469 e. The SMILES string of the molecule is COC(=O)CCC(=O)CC(=O)CC(=O)SCCNC(=O)CCNC(=O)[C@@H]1OP(=O)(N[C@@H](C)C(=O)OC)OCC1(C)C. The van der Waals surface area contributed by atoms with E-state index in [1.165, 1.54) is 21.1 Å². The van der Waals surface area contributed by atoms with E-state index in [1.54, 1.807) is 13.8 Å². The largest absolute Gasteiger partial charge is 0.469 e. The molecule has 1 heterocycles. The van der Waals surface area contributed by atoms with Gasteiger partial charge in [0.2, 0.25) is 11.8 Å². The van der Waals surface area contributed by atoms with Gasteiger partial charge in [-0.05, 0) is 6.92 Å². The number of Topliss-reactive ketones (excluding diaryl/α,β-unsaturated/α-hetero) is 2. The highest BCUT2D eigenvalue weighted by molar-refractivity contribution is 8.13. The molecular weight excluding hydrogens is 585 g/mol. The molecule has 41 heavy (non-hydrogen) atoms. The lowest BCUT2D eigenvalue weighted by Crippen LogP contribution is -2.51. The van der Waals surface area contributed by atoms with Gasteiger partial charge < -0.3 is 20.1 Å². The van der Waals surface area contributed by atoms with E-state index in [-0.39, 0.29) is 44.7 Å². The summed E-state index contributed by atoms with van der Waals surface area (Å²) in [4.78, 5) is 83.0. The number of thioether (sulfide) groups is 1. The van der Waals surface area contributed by atoms with Crippen LogP contribution in [-0.4, -0.2) is 92.2 Å². The summed E-state index contributed by atoms with van der Waals surface area (Å²) in [5, 5.41) is 7.11. The lowest BCUT2D eigenvalue weighted by atomic mass is 9.87. The van der Waals surface area contributed by atoms with E-state index < -0.39 is 78.6 Å². The first-order chi connectivity index (χ1) is 19.1. The highest BCUT2D eigenvalue weighted by atomic mass is 32.2. The minimum atomic E-state index is -4.00. The monoisotopic (exact) mass is 623 g/mol. The van der Waals surface area contributed by atoms with Crippen LogP contribution < -0.4 is 15.7 Å². The van der Waals surface area contributed by atoms with Gasteiger partial charge in [-0.15, -0.1) is 0 Å². The van der Waals surface area contributed by atoms with Crippen LogP contribution in [0.1, 0.15) is 52.9 Å². The lowest BCUT2D eigenvalue weighted by molar-refractivity contribution is -0.143. The molecular formula is C24H38N3O12PS. The number of hydrogen-bond donors (Lipinski definition) is 3. The summed E-state index contributed by atoms with van der Waals surface area (Å²) in [5.74, 6) is -3.10. The summed E-state index contributed by atoms with van der Waals surface area (Å²) in [6.45, 7) is 4.72. The molecule has 0 saturated carbocycles. The number of amides is 2. The first-order valence-corrected chi connectivity index (χ1v) is 15.2. The van der Waals surface area contributed by atoms with Gasteiger partial charge >= 0.3 is 19.7 Å². The highest BCUT2D eigenvalue weighted by Crippen LogP contribution is 2.53. The van der Waals surface area contributed by atoms with Crippen molar-refractivity contribution < 1.29 is 56.6 Å². The number of carbonyl (C=O) groups is 7. The van der Waals surface area contributed by atoms with Crippen molar-refractivity contribution in [1.29, 1.82) is 0 Å². The predicted octanol–water partition coefficient (Wildman–Crippen LogP) is 0.441. The molecule has 0 bridgehead atoms. The van der Waals surface area contributed by atoms with Gasteiger partial charge in [-0.25, -0.2) is 9.65 Å². The Morgan fingerprint density at radius 2 is 1.63 bits per heavy atom. The molecule has 0 radical (unpaired) electrons. The van der Waals surface area contributed by atoms with Gasteiger partial charge in [0.25, 0.3) is 0 Å². The molecule has 2 amide bonds. The van der Waals surface area contributed by atoms with Crippen molar-refractivity contribution >= 4 is 59.9 Å². The Kier molecular flexibility index (Phi) is 15.4. The van der Waals surface area contributed by atoms with E-state index in [1.807, 2.05) is 0 Å². The second-order valence-electron chi connectivity index (χ2n) is 9.74. The summed E-state index contributed by atoms with van der Waals surface area (Å²) in [6, 6.07) is -1.01. The maximum Gasteiger partial charge on any atom is 0.407 e. The zero-order valence-corrected chi connectivity index (χ0v) is 25.5. The fourth-order valence-electron chi connectivity index (χ4n) is 3.34. The first-order valence-electron chi connectivity index (χ1n) is 12.7. The molecule has 3 N–H and O–H groups in total. The van der Waals surface area contributed by atoms with Gasteiger partial charge in [0.15, 0.2) is 11.2 Å². The van der Waals surface area contributed by atoms with Gasteiger partial charge in [0.1, 0.15) is 17.6 Å². The first kappa shape index (κ1) is 36.4. The molecule has 1 rings (SSSR count). The molecule has 3 atom stereocenters. The number of esters is 2. The van der Waals surface area contributed by atoms with Gasteiger partial charge in [0, 0.05) is 37.1 Å². The van der Waals surface area contributed by atoms with Crippen molar-refractivity contribution in [1.82, 2.24) is 15.7 Å². The maximum atomic E-state index is 12.9. The lowest BCUT2D eigenvalue weighted by Gasteiger charge is -2.40. The van der Waals surface area contributed by atoms with E-state index in [0.29, 0.717) is 0 Å². The number of nitrogens with one attached hydrogen (secondary N) is 3. The highest BCUT2D eigenvalue weighted by Gasteiger charge is 2.48. The van der Waals surface area contributed by atoms with Crippen LogP contribution in [0.25, 0.3) is 0 Å². The smallest absolute Gasteiger partial charge is 0.407 e. The van der Waals surface area contributed by atoms with Gasteiger partial charge in [-0.3, -0.25) is 42.6 Å². The summed E-state index contributed by atoms with van der Waals surface area (Å²) < 4.78 is 32.7. The molecule has 0 aliphatic carbocycles. The molecule has 0 aromatic rings. The topological polar surface area (TPSA) is 210 Å². The molecule has 1 aliphatic heterocycles. The molecule has 0 spiro atoms. The molecule has 1 fully saturated rings. The van der Waals surface area contributed by atoms with Crippen LogP contribution in [0, 0.1) is 5.41 Å². The Balaban J connectivity index is 2.35. The van der Waals surface area contributed by atoms with Crippen molar-refractivity contribution in [2.75, 3.05) is 39.7 Å². The average molecular weight is 624 g/mol. The summed E-state index contributed by atoms with van der Waals surface area (Å²) in [6.07, 6.45) is -2.44. The van der Waals surface area contributed by atoms with E-state index >= 15 is 0 Å². The third-order valence-electron chi connectivity index (χ3n) is 5.62. The van der Waals surface area contributed by atoms with Crippen LogP contribution >= 0.6 is 19.5 Å². The van der Waals surface area contributed by atoms with Crippen LogP contribution in [0.15, 0.2) is 0 Å². The Bertz CT molecular complexity index is 1050. The van der Waals surface area contributed by atoms with Crippen LogP contribution in [-0.2, 0) is 56.6 Å². The Morgan fingerprint density at radius 3 is 2.27 bits per heavy atom. The summed E-state index contributed by atoms with van der Waals surface area (Å²) in [5.41, 5.74) is -0.863. The summed E-state index contributed by atoms with van der Waals surface area (Å²) in [7, 11) is -1.65. The van der Waals surface area contributed by atoms with Crippen molar-refractivity contribution in [2.45, 2.75) is 65.0 Å². The molecule has 232 valence electrons. The van der Waals surface area contributed by atoms with Crippen LogP contribution in [0.4, 0.5) is 0 Å². The Hall–Kier alpha value is -2.65. The van der Waals surface area contributed by atoms with E-state index in [9.17, 15) is 38.1 Å². The fraction of sp³-hybridized carbons (Fsp3) is 0.708. The molecule has 15 nitrogen and oxygen atoms in total. The Labute approximate surface area is 242 Å². The van der Waals surface area contributed by atoms with Crippen molar-refractivity contribution in [2.24, 2.45) is 5.41 Å². The van der Waals surface area contributed by atoms with Crippen LogP contribution in [0.2, 0.25) is 0 Å². The zero-order valence-electron chi connectivity index (χ0n) is 23.8. The number of methoxy groups -OCH3 is 2. The number of carbonyl (C=O) groups excluding carboxylic acids is 7. The molecule has 1 unspecified atom stereocenters. The minimum absolute atomic E-state index is 0.0532. The number of ketones is 2. The zero-order chi connectivity index (χ0) is 31.2. The normalized spacial score (nSPS) is 20.3. The molecule has 17 heteroatoms. The Morgan fingerprint density at radius 1 is 0.951 bits per heavy atom. The number of hydrogen-bond acceptors (Lipinski definition) is 13. The van der Waals surface area contributed by atoms with Gasteiger partial charge in [-0.1, -0.05) is 25.6 Å². The average Bonchev–Trinajstić information content (AvgIpc) is 2.90. The molecule has 0 aromatic carbocycles. The molecule has 1 saturated heterocycles. The van der Waals surface area contributed by atoms with E-state index in [0.717, 1.165) is 11.8 Å². The quantitative estimate of drug-likeness (QED) is 0.0869. The van der Waals surface area contributed by atoms with Crippen molar-refractivity contribution in [3.05, 3.63) is 0 Å². The second-order valence-corrected chi connectivity index (χ2v) is 12.6. The molecule has 0 aromatic heterocycles. The van der Waals surface area contributed by atoms with Gasteiger partial charge in [0.05, 0.1) is 40.1 Å². The number of rotatable bonds is 17. The van der Waals surface area contributed by atoms with E-state index in [2.05, 4.69) is 25.2 Å². The second kappa shape index (κ2) is 17.3. The van der Waals surface area contributed by atoms with Crippen molar-refractivity contribution in [3.63, 3.8) is 0 Å². The predicted molar refractivity (Wildman–Crippen MR) is 145 cm³/mol. The van der Waals surface area contributed by atoms with Crippen LogP contribution in [0.3, 0.4) is 0 Å². The third kappa shape index (κ3) is 13.7. The standard InChI is InChI=1S/C24H38N3O12PS/c1-15(23(34)37-5)27-40(35)38-14-24(2,3)21(39-40)22(33)26-9-8-18(30)25-10-11-41-20(32)13-17(29)12-16(28)6-7-19(31)36-4/h15,21H,6-14H2,1-5H3,(H,25,30)(H,26,33)(H,27,35)/t15-,21-,40?/m0/s1. The van der Waals surface area contributed by atoms with E-state index in [4.69, 9.17) is 9.05 Å². The van der Waals surface area contributed by atoms with Gasteiger partial charge in [-0.2, -0.15) is 0 Å². The summed E-state index contributed by atoms with van der Waals surface area (Å²) >= 11 is 0.831. The third-order valence-corrected chi connectivity index (χ3v) is 8.15. The van der Waals surface area contributed by atoms with Crippen molar-refractivity contribution in [3.8, 4) is 0 Å².